The zero-order valence-corrected chi connectivity index (χ0v) is 11.3. The summed E-state index contributed by atoms with van der Waals surface area (Å²) in [7, 11) is 0. The SMILES string of the molecule is O=c1[nH]c(-c2cccc([N+](=O)[O-])c2)nc2cc(O)c(O)c(O)c12. The van der Waals surface area contributed by atoms with Crippen LogP contribution in [0.4, 0.5) is 5.69 Å². The van der Waals surface area contributed by atoms with Crippen LogP contribution in [0.15, 0.2) is 35.1 Å². The molecule has 1 heterocycles. The van der Waals surface area contributed by atoms with E-state index in [0.717, 1.165) is 6.07 Å². The van der Waals surface area contributed by atoms with Crippen LogP contribution < -0.4 is 5.56 Å². The number of nitro benzene ring substituents is 1. The summed E-state index contributed by atoms with van der Waals surface area (Å²) in [5.41, 5.74) is -0.723. The molecular weight excluding hydrogens is 306 g/mol. The Morgan fingerprint density at radius 2 is 1.87 bits per heavy atom. The number of non-ortho nitro benzene ring substituents is 1. The van der Waals surface area contributed by atoms with Gasteiger partial charge < -0.3 is 20.3 Å². The molecule has 0 radical (unpaired) electrons. The largest absolute Gasteiger partial charge is 0.504 e. The highest BCUT2D eigenvalue weighted by Gasteiger charge is 2.17. The van der Waals surface area contributed by atoms with Crippen LogP contribution in [0.2, 0.25) is 0 Å². The monoisotopic (exact) mass is 315 g/mol. The number of benzene rings is 2. The number of aromatic amines is 1. The standard InChI is InChI=1S/C14H9N3O6/c18-9-5-8-10(12(20)11(9)19)14(21)16-13(15-8)6-2-1-3-7(4-6)17(22)23/h1-5,18-20H,(H,15,16,21). The van der Waals surface area contributed by atoms with Crippen molar-refractivity contribution in [2.24, 2.45) is 0 Å². The molecule has 0 aliphatic carbocycles. The van der Waals surface area contributed by atoms with Crippen molar-refractivity contribution in [3.8, 4) is 28.6 Å². The summed E-state index contributed by atoms with van der Waals surface area (Å²) in [5.74, 6) is -2.24. The lowest BCUT2D eigenvalue weighted by Crippen LogP contribution is -2.10. The molecule has 9 heteroatoms. The number of hydrogen-bond acceptors (Lipinski definition) is 7. The second kappa shape index (κ2) is 4.98. The van der Waals surface area contributed by atoms with Crippen LogP contribution in [0.3, 0.4) is 0 Å². The number of nitrogens with one attached hydrogen (secondary N) is 1. The lowest BCUT2D eigenvalue weighted by atomic mass is 10.1. The molecule has 0 saturated carbocycles. The number of hydrogen-bond donors (Lipinski definition) is 4. The molecule has 0 fully saturated rings. The van der Waals surface area contributed by atoms with Crippen molar-refractivity contribution in [1.82, 2.24) is 9.97 Å². The highest BCUT2D eigenvalue weighted by molar-refractivity contribution is 5.89. The quantitative estimate of drug-likeness (QED) is 0.319. The van der Waals surface area contributed by atoms with Gasteiger partial charge in [-0.25, -0.2) is 4.98 Å². The number of rotatable bonds is 2. The Hall–Kier alpha value is -3.62. The number of aromatic hydroxyl groups is 3. The molecule has 2 aromatic carbocycles. The van der Waals surface area contributed by atoms with Gasteiger partial charge in [0.25, 0.3) is 11.2 Å². The maximum atomic E-state index is 12.1. The third kappa shape index (κ3) is 2.29. The lowest BCUT2D eigenvalue weighted by Gasteiger charge is -2.07. The molecule has 9 nitrogen and oxygen atoms in total. The zero-order valence-electron chi connectivity index (χ0n) is 11.3. The molecule has 1 aromatic heterocycles. The Morgan fingerprint density at radius 3 is 2.57 bits per heavy atom. The molecule has 0 spiro atoms. The molecule has 0 amide bonds. The summed E-state index contributed by atoms with van der Waals surface area (Å²) in [5, 5.41) is 39.2. The van der Waals surface area contributed by atoms with Gasteiger partial charge in [-0.3, -0.25) is 14.9 Å². The fourth-order valence-electron chi connectivity index (χ4n) is 2.17. The van der Waals surface area contributed by atoms with Crippen molar-refractivity contribution >= 4 is 16.6 Å². The number of nitrogens with zero attached hydrogens (tertiary/aromatic N) is 2. The summed E-state index contributed by atoms with van der Waals surface area (Å²) in [4.78, 5) is 28.8. The summed E-state index contributed by atoms with van der Waals surface area (Å²) < 4.78 is 0. The summed E-state index contributed by atoms with van der Waals surface area (Å²) in [6, 6.07) is 6.48. The minimum atomic E-state index is -0.826. The van der Waals surface area contributed by atoms with Crippen LogP contribution in [0.25, 0.3) is 22.3 Å². The normalized spacial score (nSPS) is 10.8. The van der Waals surface area contributed by atoms with Gasteiger partial charge in [0.15, 0.2) is 11.5 Å². The minimum absolute atomic E-state index is 0.0238. The molecule has 0 unspecified atom stereocenters. The molecule has 0 aliphatic heterocycles. The predicted octanol–water partition coefficient (Wildman–Crippen LogP) is 1.62. The highest BCUT2D eigenvalue weighted by atomic mass is 16.6. The number of fused-ring (bicyclic) bond motifs is 1. The van der Waals surface area contributed by atoms with E-state index in [1.807, 2.05) is 0 Å². The van der Waals surface area contributed by atoms with Crippen LogP contribution in [-0.2, 0) is 0 Å². The first-order valence-corrected chi connectivity index (χ1v) is 6.31. The Bertz CT molecular complexity index is 1010. The van der Waals surface area contributed by atoms with E-state index in [2.05, 4.69) is 9.97 Å². The van der Waals surface area contributed by atoms with Crippen LogP contribution >= 0.6 is 0 Å². The fraction of sp³-hybridized carbons (Fsp3) is 0. The van der Waals surface area contributed by atoms with E-state index in [9.17, 15) is 30.2 Å². The molecule has 3 aromatic rings. The molecule has 0 aliphatic rings. The van der Waals surface area contributed by atoms with Gasteiger partial charge in [0, 0.05) is 23.8 Å². The smallest absolute Gasteiger partial charge is 0.270 e. The summed E-state index contributed by atoms with van der Waals surface area (Å²) in [6.07, 6.45) is 0. The van der Waals surface area contributed by atoms with Gasteiger partial charge in [-0.15, -0.1) is 0 Å². The first-order valence-electron chi connectivity index (χ1n) is 6.31. The van der Waals surface area contributed by atoms with Gasteiger partial charge in [0.1, 0.15) is 11.2 Å². The van der Waals surface area contributed by atoms with Crippen molar-refractivity contribution in [1.29, 1.82) is 0 Å². The van der Waals surface area contributed by atoms with Gasteiger partial charge >= 0.3 is 0 Å². The Kier molecular flexibility index (Phi) is 3.10. The third-order valence-corrected chi connectivity index (χ3v) is 3.25. The highest BCUT2D eigenvalue weighted by Crippen LogP contribution is 2.39. The van der Waals surface area contributed by atoms with Crippen molar-refractivity contribution in [2.45, 2.75) is 0 Å². The lowest BCUT2D eigenvalue weighted by molar-refractivity contribution is -0.384. The van der Waals surface area contributed by atoms with Crippen LogP contribution in [-0.4, -0.2) is 30.2 Å². The number of aromatic nitrogens is 2. The van der Waals surface area contributed by atoms with Crippen LogP contribution in [0, 0.1) is 10.1 Å². The number of nitro groups is 1. The molecule has 4 N–H and O–H groups in total. The van der Waals surface area contributed by atoms with Crippen molar-refractivity contribution in [3.05, 3.63) is 50.8 Å². The second-order valence-electron chi connectivity index (χ2n) is 4.71. The molecule has 0 saturated heterocycles. The molecule has 3 rings (SSSR count). The molecule has 23 heavy (non-hydrogen) atoms. The van der Waals surface area contributed by atoms with Gasteiger partial charge in [-0.2, -0.15) is 0 Å². The second-order valence-corrected chi connectivity index (χ2v) is 4.71. The van der Waals surface area contributed by atoms with Gasteiger partial charge in [-0.05, 0) is 0 Å². The van der Waals surface area contributed by atoms with E-state index in [4.69, 9.17) is 0 Å². The minimum Gasteiger partial charge on any atom is -0.504 e. The third-order valence-electron chi connectivity index (χ3n) is 3.25. The van der Waals surface area contributed by atoms with E-state index < -0.39 is 27.7 Å². The van der Waals surface area contributed by atoms with E-state index in [1.165, 1.54) is 24.3 Å². The van der Waals surface area contributed by atoms with Crippen LogP contribution in [0.1, 0.15) is 0 Å². The Morgan fingerprint density at radius 1 is 1.13 bits per heavy atom. The topological polar surface area (TPSA) is 150 Å². The van der Waals surface area contributed by atoms with Crippen molar-refractivity contribution in [2.75, 3.05) is 0 Å². The van der Waals surface area contributed by atoms with E-state index in [0.29, 0.717) is 0 Å². The van der Waals surface area contributed by atoms with Gasteiger partial charge in [-0.1, -0.05) is 12.1 Å². The van der Waals surface area contributed by atoms with E-state index in [-0.39, 0.29) is 28.0 Å². The van der Waals surface area contributed by atoms with E-state index in [1.54, 1.807) is 0 Å². The van der Waals surface area contributed by atoms with Crippen LogP contribution in [0.5, 0.6) is 17.2 Å². The zero-order chi connectivity index (χ0) is 16.7. The molecule has 0 atom stereocenters. The van der Waals surface area contributed by atoms with E-state index >= 15 is 0 Å². The summed E-state index contributed by atoms with van der Waals surface area (Å²) >= 11 is 0. The van der Waals surface area contributed by atoms with Gasteiger partial charge in [0.2, 0.25) is 5.75 Å². The first kappa shape index (κ1) is 14.3. The molecule has 0 bridgehead atoms. The maximum Gasteiger partial charge on any atom is 0.270 e. The first-order chi connectivity index (χ1) is 10.9. The maximum absolute atomic E-state index is 12.1. The number of phenolic OH excluding ortho intramolecular Hbond substituents is 3. The number of H-pyrrole nitrogens is 1. The van der Waals surface area contributed by atoms with Crippen molar-refractivity contribution in [3.63, 3.8) is 0 Å². The Labute approximate surface area is 127 Å². The number of phenols is 3. The predicted molar refractivity (Wildman–Crippen MR) is 79.4 cm³/mol. The fourth-order valence-corrected chi connectivity index (χ4v) is 2.17. The average Bonchev–Trinajstić information content (AvgIpc) is 2.52. The van der Waals surface area contributed by atoms with Crippen molar-refractivity contribution < 1.29 is 20.2 Å². The van der Waals surface area contributed by atoms with Gasteiger partial charge in [0.05, 0.1) is 10.4 Å². The summed E-state index contributed by atoms with van der Waals surface area (Å²) in [6.45, 7) is 0. The molecular formula is C14H9N3O6. The molecule has 116 valence electrons. The average molecular weight is 315 g/mol. The Balaban J connectivity index is 2.29.